The van der Waals surface area contributed by atoms with Crippen molar-refractivity contribution < 1.29 is 13.2 Å². The van der Waals surface area contributed by atoms with E-state index >= 15 is 0 Å². The van der Waals surface area contributed by atoms with E-state index in [-0.39, 0.29) is 6.54 Å². The van der Waals surface area contributed by atoms with Gasteiger partial charge in [0.25, 0.3) is 0 Å². The third kappa shape index (κ3) is 6.70. The normalized spacial score (nSPS) is 16.6. The van der Waals surface area contributed by atoms with Crippen molar-refractivity contribution >= 4 is 17.3 Å². The van der Waals surface area contributed by atoms with E-state index in [4.69, 9.17) is 0 Å². The lowest BCUT2D eigenvalue weighted by Crippen LogP contribution is -2.36. The lowest BCUT2D eigenvalue weighted by atomic mass is 9.98. The number of thiazole rings is 1. The zero-order valence-electron chi connectivity index (χ0n) is 17.3. The molecule has 1 aromatic carbocycles. The summed E-state index contributed by atoms with van der Waals surface area (Å²) in [6, 6.07) is 8.45. The first-order chi connectivity index (χ1) is 14.3. The highest BCUT2D eigenvalue weighted by Crippen LogP contribution is 2.29. The molecule has 0 saturated carbocycles. The second kappa shape index (κ2) is 10.3. The zero-order valence-corrected chi connectivity index (χ0v) is 18.1. The maximum Gasteiger partial charge on any atom is 0.434 e. The monoisotopic (exact) mass is 439 g/mol. The molecule has 0 aliphatic carbocycles. The van der Waals surface area contributed by atoms with Crippen molar-refractivity contribution in [3.05, 3.63) is 51.5 Å². The van der Waals surface area contributed by atoms with Crippen molar-refractivity contribution in [2.75, 3.05) is 20.1 Å². The average Bonchev–Trinajstić information content (AvgIpc) is 3.20. The summed E-state index contributed by atoms with van der Waals surface area (Å²) in [5, 5.41) is 7.62. The predicted molar refractivity (Wildman–Crippen MR) is 114 cm³/mol. The van der Waals surface area contributed by atoms with E-state index in [1.165, 1.54) is 18.4 Å². The molecular weight excluding hydrogens is 411 g/mol. The van der Waals surface area contributed by atoms with Gasteiger partial charge in [0.05, 0.1) is 6.54 Å². The number of nitrogens with one attached hydrogen (secondary N) is 2. The number of hydrogen-bond acceptors (Lipinski definition) is 4. The van der Waals surface area contributed by atoms with Gasteiger partial charge in [-0.25, -0.2) is 4.98 Å². The van der Waals surface area contributed by atoms with Gasteiger partial charge in [-0.1, -0.05) is 31.2 Å². The molecule has 3 rings (SSSR count). The number of rotatable bonds is 6. The van der Waals surface area contributed by atoms with Gasteiger partial charge in [0.1, 0.15) is 5.01 Å². The number of nitrogens with zero attached hydrogens (tertiary/aromatic N) is 3. The molecule has 1 aliphatic rings. The number of alkyl halides is 3. The first-order valence-electron chi connectivity index (χ1n) is 10.1. The molecule has 164 valence electrons. The summed E-state index contributed by atoms with van der Waals surface area (Å²) < 4.78 is 38.0. The molecule has 0 radical (unpaired) electrons. The van der Waals surface area contributed by atoms with Crippen LogP contribution in [-0.4, -0.2) is 36.0 Å². The van der Waals surface area contributed by atoms with Gasteiger partial charge < -0.3 is 10.6 Å². The molecule has 1 saturated heterocycles. The SMILES string of the molecule is CN=C(NCc1cccc(CN2CCC(C)CC2)c1)NCc1nc(C(F)(F)F)cs1. The second-order valence-electron chi connectivity index (χ2n) is 7.68. The van der Waals surface area contributed by atoms with Crippen molar-refractivity contribution in [2.24, 2.45) is 10.9 Å². The number of guanidine groups is 1. The number of likely N-dealkylation sites (tertiary alicyclic amines) is 1. The smallest absolute Gasteiger partial charge is 0.352 e. The minimum atomic E-state index is -4.41. The highest BCUT2D eigenvalue weighted by Gasteiger charge is 2.33. The van der Waals surface area contributed by atoms with Crippen LogP contribution in [0, 0.1) is 5.92 Å². The van der Waals surface area contributed by atoms with Crippen molar-refractivity contribution in [3.63, 3.8) is 0 Å². The third-order valence-electron chi connectivity index (χ3n) is 5.21. The van der Waals surface area contributed by atoms with E-state index in [1.807, 2.05) is 0 Å². The van der Waals surface area contributed by atoms with Gasteiger partial charge in [-0.15, -0.1) is 11.3 Å². The van der Waals surface area contributed by atoms with Gasteiger partial charge >= 0.3 is 6.18 Å². The average molecular weight is 440 g/mol. The van der Waals surface area contributed by atoms with Crippen LogP contribution in [0.2, 0.25) is 0 Å². The first-order valence-corrected chi connectivity index (χ1v) is 11.0. The van der Waals surface area contributed by atoms with Gasteiger partial charge in [-0.2, -0.15) is 13.2 Å². The van der Waals surface area contributed by atoms with Crippen LogP contribution in [0.15, 0.2) is 34.6 Å². The number of benzene rings is 1. The van der Waals surface area contributed by atoms with E-state index in [0.29, 0.717) is 17.5 Å². The van der Waals surface area contributed by atoms with Crippen LogP contribution in [0.25, 0.3) is 0 Å². The molecule has 0 amide bonds. The molecule has 5 nitrogen and oxygen atoms in total. The molecule has 1 fully saturated rings. The van der Waals surface area contributed by atoms with E-state index < -0.39 is 11.9 Å². The standard InChI is InChI=1S/C21H28F3N5S/c1-15-6-8-29(9-7-15)13-17-5-3-4-16(10-17)11-26-20(25-2)27-12-19-28-18(14-30-19)21(22,23)24/h3-5,10,14-15H,6-9,11-13H2,1-2H3,(H2,25,26,27). The summed E-state index contributed by atoms with van der Waals surface area (Å²) in [5.41, 5.74) is 1.57. The van der Waals surface area contributed by atoms with Crippen LogP contribution in [0.3, 0.4) is 0 Å². The summed E-state index contributed by atoms with van der Waals surface area (Å²) in [7, 11) is 1.63. The number of aromatic nitrogens is 1. The minimum Gasteiger partial charge on any atom is -0.352 e. The summed E-state index contributed by atoms with van der Waals surface area (Å²) in [4.78, 5) is 10.3. The van der Waals surface area contributed by atoms with Crippen LogP contribution >= 0.6 is 11.3 Å². The fourth-order valence-electron chi connectivity index (χ4n) is 3.40. The van der Waals surface area contributed by atoms with Crippen LogP contribution in [0.4, 0.5) is 13.2 Å². The molecule has 0 unspecified atom stereocenters. The predicted octanol–water partition coefficient (Wildman–Crippen LogP) is 4.26. The molecule has 9 heteroatoms. The molecule has 1 aliphatic heterocycles. The second-order valence-corrected chi connectivity index (χ2v) is 8.62. The lowest BCUT2D eigenvalue weighted by molar-refractivity contribution is -0.140. The first kappa shape index (κ1) is 22.6. The van der Waals surface area contributed by atoms with Gasteiger partial charge in [-0.05, 0) is 43.0 Å². The van der Waals surface area contributed by atoms with E-state index in [0.717, 1.165) is 47.8 Å². The quantitative estimate of drug-likeness (QED) is 0.522. The third-order valence-corrected chi connectivity index (χ3v) is 6.06. The molecule has 0 spiro atoms. The summed E-state index contributed by atoms with van der Waals surface area (Å²) >= 11 is 0.981. The van der Waals surface area contributed by atoms with Crippen molar-refractivity contribution in [3.8, 4) is 0 Å². The van der Waals surface area contributed by atoms with E-state index in [2.05, 4.69) is 56.7 Å². The molecule has 2 aromatic rings. The van der Waals surface area contributed by atoms with Crippen molar-refractivity contribution in [2.45, 2.75) is 45.6 Å². The Hall–Kier alpha value is -2.13. The Balaban J connectivity index is 1.48. The Morgan fingerprint density at radius 2 is 1.90 bits per heavy atom. The van der Waals surface area contributed by atoms with Crippen molar-refractivity contribution in [1.82, 2.24) is 20.5 Å². The zero-order chi connectivity index (χ0) is 21.6. The van der Waals surface area contributed by atoms with Crippen molar-refractivity contribution in [1.29, 1.82) is 0 Å². The molecule has 1 aromatic heterocycles. The fraction of sp³-hybridized carbons (Fsp3) is 0.524. The van der Waals surface area contributed by atoms with Gasteiger partial charge in [-0.3, -0.25) is 9.89 Å². The Labute approximate surface area is 179 Å². The summed E-state index contributed by atoms with van der Waals surface area (Å²) in [5.74, 6) is 1.34. The molecule has 30 heavy (non-hydrogen) atoms. The van der Waals surface area contributed by atoms with Crippen LogP contribution in [0.1, 0.15) is 41.6 Å². The van der Waals surface area contributed by atoms with Crippen LogP contribution in [0.5, 0.6) is 0 Å². The summed E-state index contributed by atoms with van der Waals surface area (Å²) in [6.45, 7) is 6.33. The maximum absolute atomic E-state index is 12.7. The number of piperidine rings is 1. The number of halogens is 3. The Morgan fingerprint density at radius 1 is 1.20 bits per heavy atom. The van der Waals surface area contributed by atoms with E-state index in [9.17, 15) is 13.2 Å². The Morgan fingerprint density at radius 3 is 2.57 bits per heavy atom. The van der Waals surface area contributed by atoms with Crippen LogP contribution < -0.4 is 10.6 Å². The Bertz CT molecular complexity index is 841. The highest BCUT2D eigenvalue weighted by molar-refractivity contribution is 7.09. The summed E-state index contributed by atoms with van der Waals surface area (Å²) in [6.07, 6.45) is -1.90. The highest BCUT2D eigenvalue weighted by atomic mass is 32.1. The van der Waals surface area contributed by atoms with Gasteiger partial charge in [0.2, 0.25) is 0 Å². The van der Waals surface area contributed by atoms with Gasteiger partial charge in [0.15, 0.2) is 11.7 Å². The largest absolute Gasteiger partial charge is 0.434 e. The molecule has 2 heterocycles. The van der Waals surface area contributed by atoms with Crippen LogP contribution in [-0.2, 0) is 25.8 Å². The minimum absolute atomic E-state index is 0.188. The number of hydrogen-bond donors (Lipinski definition) is 2. The topological polar surface area (TPSA) is 52.6 Å². The number of aliphatic imine (C=N–C) groups is 1. The van der Waals surface area contributed by atoms with Gasteiger partial charge in [0, 0.05) is 25.5 Å². The molecular formula is C21H28F3N5S. The lowest BCUT2D eigenvalue weighted by Gasteiger charge is -2.30. The Kier molecular flexibility index (Phi) is 7.71. The van der Waals surface area contributed by atoms with E-state index in [1.54, 1.807) is 7.05 Å². The maximum atomic E-state index is 12.7. The molecule has 0 bridgehead atoms. The fourth-order valence-corrected chi connectivity index (χ4v) is 4.14. The molecule has 2 N–H and O–H groups in total. The molecule has 0 atom stereocenters.